The van der Waals surface area contributed by atoms with Gasteiger partial charge in [-0.3, -0.25) is 0 Å². The topological polar surface area (TPSA) is 54.7 Å². The quantitative estimate of drug-likeness (QED) is 0.387. The molecule has 0 amide bonds. The molecule has 1 aromatic carbocycles. The molecule has 0 N–H and O–H groups in total. The van der Waals surface area contributed by atoms with Crippen molar-refractivity contribution in [3.63, 3.8) is 0 Å². The first-order valence-corrected chi connectivity index (χ1v) is 10.8. The second-order valence-corrected chi connectivity index (χ2v) is 8.12. The zero-order valence-corrected chi connectivity index (χ0v) is 19.5. The molecule has 1 aromatic rings. The van der Waals surface area contributed by atoms with Crippen LogP contribution in [0.25, 0.3) is 0 Å². The Labute approximate surface area is 177 Å². The van der Waals surface area contributed by atoms with Crippen molar-refractivity contribution >= 4 is 0 Å². The molecular formula is C24H40N2O3. The Morgan fingerprint density at radius 2 is 1.55 bits per heavy atom. The maximum atomic E-state index is 10.2. The smallest absolute Gasteiger partial charge is 0.203 e. The molecule has 0 saturated heterocycles. The normalized spacial score (nSPS) is 13.2. The Morgan fingerprint density at radius 3 is 2.00 bits per heavy atom. The zero-order valence-electron chi connectivity index (χ0n) is 19.5. The number of hydrogen-bond acceptors (Lipinski definition) is 5. The van der Waals surface area contributed by atoms with E-state index in [-0.39, 0.29) is 5.92 Å². The van der Waals surface area contributed by atoms with Gasteiger partial charge in [0.15, 0.2) is 11.5 Å². The molecule has 1 atom stereocenters. The molecule has 164 valence electrons. The molecule has 1 rings (SSSR count). The highest BCUT2D eigenvalue weighted by Crippen LogP contribution is 2.45. The largest absolute Gasteiger partial charge is 0.493 e. The average Bonchev–Trinajstić information content (AvgIpc) is 2.73. The highest BCUT2D eigenvalue weighted by atomic mass is 16.5. The number of benzene rings is 1. The van der Waals surface area contributed by atoms with Crippen LogP contribution in [-0.2, 0) is 5.41 Å². The van der Waals surface area contributed by atoms with Crippen LogP contribution in [-0.4, -0.2) is 46.4 Å². The lowest BCUT2D eigenvalue weighted by atomic mass is 9.69. The molecule has 0 heterocycles. The van der Waals surface area contributed by atoms with Crippen molar-refractivity contribution in [3.05, 3.63) is 17.7 Å². The summed E-state index contributed by atoms with van der Waals surface area (Å²) in [4.78, 5) is 2.38. The van der Waals surface area contributed by atoms with Crippen LogP contribution in [0.2, 0.25) is 0 Å². The summed E-state index contributed by atoms with van der Waals surface area (Å²) in [5.41, 5.74) is 0.325. The molecule has 5 nitrogen and oxygen atoms in total. The summed E-state index contributed by atoms with van der Waals surface area (Å²) in [5, 5.41) is 10.2. The number of unbranched alkanes of at least 4 members (excludes halogenated alkanes) is 3. The van der Waals surface area contributed by atoms with Crippen LogP contribution in [0.5, 0.6) is 17.2 Å². The highest BCUT2D eigenvalue weighted by Gasteiger charge is 2.37. The van der Waals surface area contributed by atoms with Gasteiger partial charge in [0, 0.05) is 0 Å². The van der Waals surface area contributed by atoms with E-state index in [1.807, 2.05) is 12.1 Å². The number of hydrogen-bond donors (Lipinski definition) is 0. The van der Waals surface area contributed by atoms with E-state index < -0.39 is 5.41 Å². The third-order valence-corrected chi connectivity index (χ3v) is 5.87. The van der Waals surface area contributed by atoms with Gasteiger partial charge in [-0.25, -0.2) is 0 Å². The monoisotopic (exact) mass is 404 g/mol. The third-order valence-electron chi connectivity index (χ3n) is 5.87. The van der Waals surface area contributed by atoms with Crippen LogP contribution in [0.1, 0.15) is 64.9 Å². The van der Waals surface area contributed by atoms with Crippen molar-refractivity contribution < 1.29 is 14.2 Å². The van der Waals surface area contributed by atoms with E-state index >= 15 is 0 Å². The predicted molar refractivity (Wildman–Crippen MR) is 119 cm³/mol. The molecule has 0 aliphatic carbocycles. The van der Waals surface area contributed by atoms with E-state index in [2.05, 4.69) is 38.8 Å². The lowest BCUT2D eigenvalue weighted by Gasteiger charge is -2.33. The van der Waals surface area contributed by atoms with Crippen LogP contribution >= 0.6 is 0 Å². The van der Waals surface area contributed by atoms with Crippen molar-refractivity contribution in [2.75, 3.05) is 41.5 Å². The zero-order chi connectivity index (χ0) is 21.9. The standard InChI is InChI=1S/C24H40N2O3/c1-8-9-10-11-14-26(4)15-12-13-24(18-25,19(2)3)20-16-21(27-5)23(29-7)22(17-20)28-6/h16-17,19H,8-15H2,1-7H3/t24-/m0/s1. The molecule has 0 aromatic heterocycles. The second-order valence-electron chi connectivity index (χ2n) is 8.12. The summed E-state index contributed by atoms with van der Waals surface area (Å²) in [6.07, 6.45) is 6.86. The summed E-state index contributed by atoms with van der Waals surface area (Å²) in [6.45, 7) is 8.57. The van der Waals surface area contributed by atoms with E-state index in [9.17, 15) is 5.26 Å². The van der Waals surface area contributed by atoms with E-state index in [1.165, 1.54) is 25.7 Å². The molecule has 0 aliphatic heterocycles. The number of nitriles is 1. The number of methoxy groups -OCH3 is 3. The number of ether oxygens (including phenoxy) is 3. The molecule has 0 spiro atoms. The maximum Gasteiger partial charge on any atom is 0.203 e. The molecule has 0 bridgehead atoms. The number of rotatable bonds is 14. The van der Waals surface area contributed by atoms with Gasteiger partial charge in [-0.2, -0.15) is 5.26 Å². The maximum absolute atomic E-state index is 10.2. The fourth-order valence-corrected chi connectivity index (χ4v) is 3.90. The van der Waals surface area contributed by atoms with Crippen LogP contribution in [0.3, 0.4) is 0 Å². The SMILES string of the molecule is CCCCCCN(C)CCC[C@@](C#N)(c1cc(OC)c(OC)c(OC)c1)C(C)C. The minimum Gasteiger partial charge on any atom is -0.493 e. The van der Waals surface area contributed by atoms with Crippen LogP contribution in [0, 0.1) is 17.2 Å². The summed E-state index contributed by atoms with van der Waals surface area (Å²) in [7, 11) is 6.99. The van der Waals surface area contributed by atoms with Crippen molar-refractivity contribution in [1.82, 2.24) is 4.90 Å². The lowest BCUT2D eigenvalue weighted by Crippen LogP contribution is -2.32. The molecule has 0 radical (unpaired) electrons. The van der Waals surface area contributed by atoms with Gasteiger partial charge in [-0.1, -0.05) is 40.0 Å². The average molecular weight is 405 g/mol. The van der Waals surface area contributed by atoms with Crippen LogP contribution in [0.15, 0.2) is 12.1 Å². The van der Waals surface area contributed by atoms with Crippen molar-refractivity contribution in [2.24, 2.45) is 5.92 Å². The Bertz CT molecular complexity index is 629. The van der Waals surface area contributed by atoms with Gasteiger partial charge in [0.25, 0.3) is 0 Å². The predicted octanol–water partition coefficient (Wildman–Crippen LogP) is 5.42. The first-order valence-electron chi connectivity index (χ1n) is 10.8. The number of nitrogens with zero attached hydrogens (tertiary/aromatic N) is 2. The van der Waals surface area contributed by atoms with Gasteiger partial charge >= 0.3 is 0 Å². The van der Waals surface area contributed by atoms with E-state index in [0.717, 1.165) is 31.5 Å². The molecule has 0 unspecified atom stereocenters. The first kappa shape index (κ1) is 25.1. The van der Waals surface area contributed by atoms with E-state index in [1.54, 1.807) is 21.3 Å². The van der Waals surface area contributed by atoms with Crippen LogP contribution < -0.4 is 14.2 Å². The molecule has 29 heavy (non-hydrogen) atoms. The second kappa shape index (κ2) is 12.6. The molecule has 0 aliphatic rings. The van der Waals surface area contributed by atoms with Crippen LogP contribution in [0.4, 0.5) is 0 Å². The minimum atomic E-state index is -0.601. The van der Waals surface area contributed by atoms with Gasteiger partial charge in [0.05, 0.1) is 32.8 Å². The van der Waals surface area contributed by atoms with Gasteiger partial charge in [-0.05, 0) is 63.0 Å². The Morgan fingerprint density at radius 1 is 0.966 bits per heavy atom. The van der Waals surface area contributed by atoms with Crippen molar-refractivity contribution in [1.29, 1.82) is 5.26 Å². The summed E-state index contributed by atoms with van der Waals surface area (Å²) >= 11 is 0. The highest BCUT2D eigenvalue weighted by molar-refractivity contribution is 5.56. The first-order chi connectivity index (χ1) is 13.9. The van der Waals surface area contributed by atoms with Gasteiger partial charge in [0.1, 0.15) is 0 Å². The van der Waals surface area contributed by atoms with Gasteiger partial charge < -0.3 is 19.1 Å². The Kier molecular flexibility index (Phi) is 10.9. The molecule has 0 saturated carbocycles. The minimum absolute atomic E-state index is 0.158. The Hall–Kier alpha value is -1.93. The molecule has 5 heteroatoms. The van der Waals surface area contributed by atoms with Gasteiger partial charge in [-0.15, -0.1) is 0 Å². The molecule has 0 fully saturated rings. The summed E-state index contributed by atoms with van der Waals surface area (Å²) in [6, 6.07) is 6.49. The lowest BCUT2D eigenvalue weighted by molar-refractivity contribution is 0.284. The van der Waals surface area contributed by atoms with E-state index in [4.69, 9.17) is 14.2 Å². The van der Waals surface area contributed by atoms with Crippen molar-refractivity contribution in [3.8, 4) is 23.3 Å². The van der Waals surface area contributed by atoms with Gasteiger partial charge in [0.2, 0.25) is 5.75 Å². The fraction of sp³-hybridized carbons (Fsp3) is 0.708. The summed E-state index contributed by atoms with van der Waals surface area (Å²) in [5.74, 6) is 1.90. The summed E-state index contributed by atoms with van der Waals surface area (Å²) < 4.78 is 16.5. The molecular weight excluding hydrogens is 364 g/mol. The van der Waals surface area contributed by atoms with E-state index in [0.29, 0.717) is 17.2 Å². The Balaban J connectivity index is 3.01. The fourth-order valence-electron chi connectivity index (χ4n) is 3.90. The third kappa shape index (κ3) is 6.54. The van der Waals surface area contributed by atoms with Crippen molar-refractivity contribution in [2.45, 2.75) is 64.7 Å².